The van der Waals surface area contributed by atoms with Gasteiger partial charge in [-0.3, -0.25) is 4.79 Å². The molecule has 0 fully saturated rings. The molecule has 2 heterocycles. The summed E-state index contributed by atoms with van der Waals surface area (Å²) < 4.78 is 5.48. The maximum atomic E-state index is 12.2. The maximum Gasteiger partial charge on any atom is 0.174 e. The maximum absolute atomic E-state index is 12.2. The van der Waals surface area contributed by atoms with Crippen LogP contribution < -0.4 is 4.74 Å². The van der Waals surface area contributed by atoms with Crippen LogP contribution in [0.4, 0.5) is 0 Å². The minimum atomic E-state index is 0.129. The molecule has 0 N–H and O–H groups in total. The van der Waals surface area contributed by atoms with Gasteiger partial charge in [-0.05, 0) is 41.5 Å². The van der Waals surface area contributed by atoms with E-state index >= 15 is 0 Å². The highest BCUT2D eigenvalue weighted by atomic mass is 35.5. The van der Waals surface area contributed by atoms with Crippen LogP contribution in [-0.4, -0.2) is 12.4 Å². The summed E-state index contributed by atoms with van der Waals surface area (Å²) in [5.41, 5.74) is 3.42. The standard InChI is InChI=1S/C16H15ClO2S/c1-10-9-20-16(15(10)17)13(18)4-2-11-3-5-14-12(8-11)6-7-19-14/h3,5,8-9H,2,4,6-7H2,1H3. The molecule has 0 saturated carbocycles. The first-order valence-corrected chi connectivity index (χ1v) is 7.92. The van der Waals surface area contributed by atoms with Gasteiger partial charge in [-0.1, -0.05) is 23.7 Å². The predicted molar refractivity (Wildman–Crippen MR) is 82.4 cm³/mol. The van der Waals surface area contributed by atoms with Gasteiger partial charge in [-0.2, -0.15) is 0 Å². The van der Waals surface area contributed by atoms with Crippen molar-refractivity contribution in [1.82, 2.24) is 0 Å². The molecular formula is C16H15ClO2S. The van der Waals surface area contributed by atoms with Gasteiger partial charge in [0.25, 0.3) is 0 Å². The number of benzene rings is 1. The number of fused-ring (bicyclic) bond motifs is 1. The van der Waals surface area contributed by atoms with E-state index in [1.54, 1.807) is 0 Å². The van der Waals surface area contributed by atoms with E-state index in [0.29, 0.717) is 16.3 Å². The van der Waals surface area contributed by atoms with Crippen molar-refractivity contribution in [3.05, 3.63) is 50.2 Å². The number of aryl methyl sites for hydroxylation is 2. The van der Waals surface area contributed by atoms with Gasteiger partial charge < -0.3 is 4.74 Å². The number of ether oxygens (including phenoxy) is 1. The second-order valence-electron chi connectivity index (χ2n) is 5.03. The lowest BCUT2D eigenvalue weighted by Crippen LogP contribution is -2.00. The average molecular weight is 307 g/mol. The van der Waals surface area contributed by atoms with Gasteiger partial charge in [-0.15, -0.1) is 11.3 Å². The van der Waals surface area contributed by atoms with E-state index in [2.05, 4.69) is 6.07 Å². The highest BCUT2D eigenvalue weighted by Gasteiger charge is 2.16. The topological polar surface area (TPSA) is 26.3 Å². The van der Waals surface area contributed by atoms with Crippen molar-refractivity contribution >= 4 is 28.7 Å². The molecule has 0 unspecified atom stereocenters. The van der Waals surface area contributed by atoms with E-state index in [-0.39, 0.29) is 5.78 Å². The smallest absolute Gasteiger partial charge is 0.174 e. The largest absolute Gasteiger partial charge is 0.493 e. The molecule has 0 saturated heterocycles. The summed E-state index contributed by atoms with van der Waals surface area (Å²) in [4.78, 5) is 12.9. The van der Waals surface area contributed by atoms with Crippen molar-refractivity contribution in [1.29, 1.82) is 0 Å². The fourth-order valence-electron chi connectivity index (χ4n) is 2.38. The van der Waals surface area contributed by atoms with Crippen molar-refractivity contribution in [2.24, 2.45) is 0 Å². The van der Waals surface area contributed by atoms with Gasteiger partial charge in [0.05, 0.1) is 16.5 Å². The fraction of sp³-hybridized carbons (Fsp3) is 0.312. The Morgan fingerprint density at radius 1 is 1.45 bits per heavy atom. The van der Waals surface area contributed by atoms with Crippen LogP contribution >= 0.6 is 22.9 Å². The minimum absolute atomic E-state index is 0.129. The van der Waals surface area contributed by atoms with E-state index in [9.17, 15) is 4.79 Å². The molecule has 2 nitrogen and oxygen atoms in total. The lowest BCUT2D eigenvalue weighted by Gasteiger charge is -2.04. The molecule has 3 rings (SSSR count). The molecule has 0 radical (unpaired) electrons. The second kappa shape index (κ2) is 5.58. The number of halogens is 1. The molecule has 0 atom stereocenters. The molecule has 4 heteroatoms. The van der Waals surface area contributed by atoms with Crippen molar-refractivity contribution in [3.63, 3.8) is 0 Å². The fourth-order valence-corrected chi connectivity index (χ4v) is 3.65. The average Bonchev–Trinajstić information content (AvgIpc) is 3.03. The van der Waals surface area contributed by atoms with Gasteiger partial charge in [0.15, 0.2) is 5.78 Å². The normalized spacial score (nSPS) is 13.1. The van der Waals surface area contributed by atoms with E-state index in [0.717, 1.165) is 30.8 Å². The van der Waals surface area contributed by atoms with Gasteiger partial charge in [0.2, 0.25) is 0 Å². The first-order valence-electron chi connectivity index (χ1n) is 6.66. The molecule has 2 aromatic rings. The Morgan fingerprint density at radius 3 is 3.05 bits per heavy atom. The SMILES string of the molecule is Cc1csc(C(=O)CCc2ccc3c(c2)CCO3)c1Cl. The van der Waals surface area contributed by atoms with Crippen LogP contribution in [0, 0.1) is 6.92 Å². The van der Waals surface area contributed by atoms with E-state index in [1.165, 1.54) is 22.5 Å². The Morgan fingerprint density at radius 2 is 2.30 bits per heavy atom. The molecule has 1 aliphatic rings. The third kappa shape index (κ3) is 2.60. The molecule has 1 aromatic heterocycles. The monoisotopic (exact) mass is 306 g/mol. The van der Waals surface area contributed by atoms with Crippen LogP contribution in [0.15, 0.2) is 23.6 Å². The molecule has 0 bridgehead atoms. The Bertz CT molecular complexity index is 660. The second-order valence-corrected chi connectivity index (χ2v) is 6.28. The predicted octanol–water partition coefficient (Wildman–Crippen LogP) is 4.46. The summed E-state index contributed by atoms with van der Waals surface area (Å²) in [5.74, 6) is 1.11. The number of ketones is 1. The van der Waals surface area contributed by atoms with Crippen LogP contribution in [0.5, 0.6) is 5.75 Å². The minimum Gasteiger partial charge on any atom is -0.493 e. The van der Waals surface area contributed by atoms with Crippen LogP contribution in [0.25, 0.3) is 0 Å². The first kappa shape index (κ1) is 13.7. The van der Waals surface area contributed by atoms with E-state index in [4.69, 9.17) is 16.3 Å². The number of hydrogen-bond acceptors (Lipinski definition) is 3. The van der Waals surface area contributed by atoms with E-state index < -0.39 is 0 Å². The Kier molecular flexibility index (Phi) is 3.81. The third-order valence-corrected chi connectivity index (χ3v) is 5.29. The van der Waals surface area contributed by atoms with Gasteiger partial charge in [0.1, 0.15) is 5.75 Å². The summed E-state index contributed by atoms with van der Waals surface area (Å²) in [6.45, 7) is 2.69. The quantitative estimate of drug-likeness (QED) is 0.780. The Balaban J connectivity index is 1.67. The summed E-state index contributed by atoms with van der Waals surface area (Å²) in [6, 6.07) is 6.19. The molecule has 20 heavy (non-hydrogen) atoms. The third-order valence-electron chi connectivity index (χ3n) is 3.55. The van der Waals surface area contributed by atoms with Crippen LogP contribution in [0.3, 0.4) is 0 Å². The molecule has 0 aliphatic carbocycles. The number of carbonyl (C=O) groups excluding carboxylic acids is 1. The van der Waals surface area contributed by atoms with E-state index in [1.807, 2.05) is 24.4 Å². The number of carbonyl (C=O) groups is 1. The molecule has 104 valence electrons. The van der Waals surface area contributed by atoms with Gasteiger partial charge in [0, 0.05) is 12.8 Å². The molecule has 0 spiro atoms. The summed E-state index contributed by atoms with van der Waals surface area (Å²) in [6.07, 6.45) is 2.21. The lowest BCUT2D eigenvalue weighted by atomic mass is 10.0. The molecule has 0 amide bonds. The van der Waals surface area contributed by atoms with Crippen LogP contribution in [-0.2, 0) is 12.8 Å². The van der Waals surface area contributed by atoms with Crippen LogP contribution in [0.2, 0.25) is 5.02 Å². The van der Waals surface area contributed by atoms with Gasteiger partial charge >= 0.3 is 0 Å². The van der Waals surface area contributed by atoms with Crippen molar-refractivity contribution < 1.29 is 9.53 Å². The number of thiophene rings is 1. The zero-order valence-electron chi connectivity index (χ0n) is 11.2. The Labute approximate surface area is 127 Å². The number of Topliss-reactive ketones (excluding diaryl/α,β-unsaturated/α-hetero) is 1. The summed E-state index contributed by atoms with van der Waals surface area (Å²) in [7, 11) is 0. The highest BCUT2D eigenvalue weighted by molar-refractivity contribution is 7.13. The zero-order chi connectivity index (χ0) is 14.1. The van der Waals surface area contributed by atoms with Crippen molar-refractivity contribution in [2.45, 2.75) is 26.2 Å². The molecule has 1 aliphatic heterocycles. The zero-order valence-corrected chi connectivity index (χ0v) is 12.8. The first-order chi connectivity index (χ1) is 9.65. The summed E-state index contributed by atoms with van der Waals surface area (Å²) in [5, 5.41) is 2.55. The van der Waals surface area contributed by atoms with Crippen molar-refractivity contribution in [2.75, 3.05) is 6.61 Å². The van der Waals surface area contributed by atoms with Gasteiger partial charge in [-0.25, -0.2) is 0 Å². The lowest BCUT2D eigenvalue weighted by molar-refractivity contribution is 0.0987. The molecule has 1 aromatic carbocycles. The highest BCUT2D eigenvalue weighted by Crippen LogP contribution is 2.29. The Hall–Kier alpha value is -1.32. The van der Waals surface area contributed by atoms with Crippen LogP contribution in [0.1, 0.15) is 32.8 Å². The molecular weight excluding hydrogens is 292 g/mol. The van der Waals surface area contributed by atoms with Crippen molar-refractivity contribution in [3.8, 4) is 5.75 Å². The number of hydrogen-bond donors (Lipinski definition) is 0. The number of rotatable bonds is 4. The summed E-state index contributed by atoms with van der Waals surface area (Å²) >= 11 is 7.57.